The van der Waals surface area contributed by atoms with Crippen LogP contribution in [-0.4, -0.2) is 59.0 Å². The molecule has 1 saturated carbocycles. The number of nitrogens with one attached hydrogen (secondary N) is 2. The molecule has 0 spiro atoms. The lowest BCUT2D eigenvalue weighted by Crippen LogP contribution is -2.36. The molecule has 2 aromatic carbocycles. The normalized spacial score (nSPS) is 17.9. The molecule has 2 N–H and O–H groups in total. The molecule has 212 valence electrons. The van der Waals surface area contributed by atoms with E-state index in [4.69, 9.17) is 4.98 Å². The number of anilines is 2. The van der Waals surface area contributed by atoms with Gasteiger partial charge in [0.25, 0.3) is 0 Å². The lowest BCUT2D eigenvalue weighted by molar-refractivity contribution is 0.221. The van der Waals surface area contributed by atoms with E-state index in [-0.39, 0.29) is 5.69 Å². The topological polar surface area (TPSA) is 105 Å². The molecular weight excluding hydrogens is 536 g/mol. The molecule has 4 aromatic rings. The molecule has 40 heavy (non-hydrogen) atoms. The third kappa shape index (κ3) is 6.23. The minimum absolute atomic E-state index is 0.198. The van der Waals surface area contributed by atoms with Gasteiger partial charge in [0.2, 0.25) is 16.0 Å². The molecule has 1 fully saturated rings. The van der Waals surface area contributed by atoms with Gasteiger partial charge < -0.3 is 14.8 Å². The number of hydrogen-bond acceptors (Lipinski definition) is 7. The summed E-state index contributed by atoms with van der Waals surface area (Å²) >= 11 is 0. The quantitative estimate of drug-likeness (QED) is 0.292. The Bertz CT molecular complexity index is 1600. The number of sulfonamides is 1. The van der Waals surface area contributed by atoms with Crippen LogP contribution in [0.3, 0.4) is 0 Å². The first-order valence-electron chi connectivity index (χ1n) is 13.3. The zero-order valence-corrected chi connectivity index (χ0v) is 23.5. The fourth-order valence-corrected chi connectivity index (χ4v) is 6.37. The van der Waals surface area contributed by atoms with Crippen LogP contribution in [0.25, 0.3) is 22.6 Å². The predicted molar refractivity (Wildman–Crippen MR) is 152 cm³/mol. The largest absolute Gasteiger partial charge is 0.351 e. The Kier molecular flexibility index (Phi) is 7.99. The zero-order valence-electron chi connectivity index (χ0n) is 22.7. The van der Waals surface area contributed by atoms with E-state index in [9.17, 15) is 17.2 Å². The molecule has 1 aliphatic rings. The molecule has 0 radical (unpaired) electrons. The van der Waals surface area contributed by atoms with Crippen molar-refractivity contribution in [2.45, 2.75) is 57.0 Å². The van der Waals surface area contributed by atoms with Gasteiger partial charge in [0, 0.05) is 24.2 Å². The van der Waals surface area contributed by atoms with E-state index in [0.717, 1.165) is 25.7 Å². The van der Waals surface area contributed by atoms with Gasteiger partial charge in [0.15, 0.2) is 5.65 Å². The van der Waals surface area contributed by atoms with Crippen LogP contribution < -0.4 is 10.0 Å². The number of aryl methyl sites for hydroxylation is 1. The minimum Gasteiger partial charge on any atom is -0.351 e. The first-order chi connectivity index (χ1) is 19.1. The maximum Gasteiger partial charge on any atom is 0.237 e. The van der Waals surface area contributed by atoms with Crippen molar-refractivity contribution < 1.29 is 17.2 Å². The fraction of sp³-hybridized carbons (Fsp3) is 0.393. The SMILES string of the molecule is CCn1c(-c2ccc(F)c(NS(=O)(=O)Cc3ccc(F)cc3)c2)nc2cnc(NC3CCC(N(C)C)CC3)nc21. The smallest absolute Gasteiger partial charge is 0.237 e. The molecule has 9 nitrogen and oxygen atoms in total. The van der Waals surface area contributed by atoms with Gasteiger partial charge in [-0.05, 0) is 82.6 Å². The van der Waals surface area contributed by atoms with Crippen molar-refractivity contribution >= 4 is 32.8 Å². The molecule has 0 unspecified atom stereocenters. The number of nitrogens with zero attached hydrogens (tertiary/aromatic N) is 5. The number of benzene rings is 2. The Labute approximate surface area is 232 Å². The molecule has 0 atom stereocenters. The Morgan fingerprint density at radius 2 is 1.75 bits per heavy atom. The van der Waals surface area contributed by atoms with Gasteiger partial charge in [-0.2, -0.15) is 4.98 Å². The maximum atomic E-state index is 14.7. The summed E-state index contributed by atoms with van der Waals surface area (Å²) in [5.41, 5.74) is 1.93. The van der Waals surface area contributed by atoms with Crippen LogP contribution in [0.4, 0.5) is 20.4 Å². The van der Waals surface area contributed by atoms with Crippen LogP contribution in [0.5, 0.6) is 0 Å². The molecular formula is C28H33F2N7O2S. The molecule has 2 heterocycles. The number of aromatic nitrogens is 4. The summed E-state index contributed by atoms with van der Waals surface area (Å²) in [5, 5.41) is 3.47. The van der Waals surface area contributed by atoms with Crippen LogP contribution in [0, 0.1) is 11.6 Å². The summed E-state index contributed by atoms with van der Waals surface area (Å²) in [7, 11) is 0.271. The van der Waals surface area contributed by atoms with E-state index in [1.807, 2.05) is 11.5 Å². The number of hydrogen-bond donors (Lipinski definition) is 2. The second-order valence-electron chi connectivity index (χ2n) is 10.4. The lowest BCUT2D eigenvalue weighted by atomic mass is 9.91. The van der Waals surface area contributed by atoms with Crippen LogP contribution in [0.1, 0.15) is 38.2 Å². The molecule has 5 rings (SSSR count). The Morgan fingerprint density at radius 3 is 2.42 bits per heavy atom. The highest BCUT2D eigenvalue weighted by molar-refractivity contribution is 7.91. The number of rotatable bonds is 9. The highest BCUT2D eigenvalue weighted by Gasteiger charge is 2.24. The summed E-state index contributed by atoms with van der Waals surface area (Å²) in [6.45, 7) is 2.50. The van der Waals surface area contributed by atoms with Gasteiger partial charge in [-0.3, -0.25) is 4.72 Å². The monoisotopic (exact) mass is 569 g/mol. The van der Waals surface area contributed by atoms with Gasteiger partial charge >= 0.3 is 0 Å². The second kappa shape index (κ2) is 11.5. The van der Waals surface area contributed by atoms with Gasteiger partial charge in [0.05, 0.1) is 17.6 Å². The van der Waals surface area contributed by atoms with E-state index in [2.05, 4.69) is 39.0 Å². The minimum atomic E-state index is -3.96. The summed E-state index contributed by atoms with van der Waals surface area (Å²) in [6, 6.07) is 10.2. The Hall–Kier alpha value is -3.64. The van der Waals surface area contributed by atoms with Gasteiger partial charge in [0.1, 0.15) is 23.0 Å². The van der Waals surface area contributed by atoms with Crippen LogP contribution in [0.15, 0.2) is 48.7 Å². The van der Waals surface area contributed by atoms with Crippen LogP contribution in [0.2, 0.25) is 0 Å². The number of halogens is 2. The van der Waals surface area contributed by atoms with Crippen molar-refractivity contribution in [1.82, 2.24) is 24.4 Å². The molecule has 1 aliphatic carbocycles. The first kappa shape index (κ1) is 27.9. The second-order valence-corrected chi connectivity index (χ2v) is 12.1. The first-order valence-corrected chi connectivity index (χ1v) is 15.0. The average molecular weight is 570 g/mol. The zero-order chi connectivity index (χ0) is 28.4. The molecule has 0 bridgehead atoms. The third-order valence-electron chi connectivity index (χ3n) is 7.32. The van der Waals surface area contributed by atoms with Crippen LogP contribution >= 0.6 is 0 Å². The van der Waals surface area contributed by atoms with Crippen molar-refractivity contribution in [3.63, 3.8) is 0 Å². The number of fused-ring (bicyclic) bond motifs is 1. The van der Waals surface area contributed by atoms with Crippen molar-refractivity contribution in [2.24, 2.45) is 0 Å². The maximum absolute atomic E-state index is 14.7. The fourth-order valence-electron chi connectivity index (χ4n) is 5.17. The molecule has 0 amide bonds. The van der Waals surface area contributed by atoms with Gasteiger partial charge in [-0.25, -0.2) is 27.2 Å². The van der Waals surface area contributed by atoms with Gasteiger partial charge in [-0.1, -0.05) is 12.1 Å². The summed E-state index contributed by atoms with van der Waals surface area (Å²) in [6.07, 6.45) is 5.98. The average Bonchev–Trinajstić information content (AvgIpc) is 3.29. The highest BCUT2D eigenvalue weighted by Crippen LogP contribution is 2.29. The molecule has 2 aromatic heterocycles. The van der Waals surface area contributed by atoms with E-state index in [1.54, 1.807) is 12.3 Å². The van der Waals surface area contributed by atoms with Crippen molar-refractivity contribution in [3.05, 3.63) is 65.9 Å². The predicted octanol–water partition coefficient (Wildman–Crippen LogP) is 5.02. The van der Waals surface area contributed by atoms with Crippen molar-refractivity contribution in [1.29, 1.82) is 0 Å². The molecule has 0 aliphatic heterocycles. The Morgan fingerprint density at radius 1 is 1.02 bits per heavy atom. The summed E-state index contributed by atoms with van der Waals surface area (Å²) in [5.74, 6) is -0.552. The summed E-state index contributed by atoms with van der Waals surface area (Å²) in [4.78, 5) is 16.2. The summed E-state index contributed by atoms with van der Waals surface area (Å²) < 4.78 is 57.6. The highest BCUT2D eigenvalue weighted by atomic mass is 32.2. The van der Waals surface area contributed by atoms with E-state index < -0.39 is 27.4 Å². The van der Waals surface area contributed by atoms with E-state index in [1.165, 1.54) is 36.4 Å². The van der Waals surface area contributed by atoms with Crippen molar-refractivity contribution in [2.75, 3.05) is 24.1 Å². The van der Waals surface area contributed by atoms with Crippen LogP contribution in [-0.2, 0) is 22.3 Å². The van der Waals surface area contributed by atoms with E-state index >= 15 is 0 Å². The molecule has 0 saturated heterocycles. The van der Waals surface area contributed by atoms with E-state index in [0.29, 0.717) is 52.7 Å². The lowest BCUT2D eigenvalue weighted by Gasteiger charge is -2.32. The molecule has 12 heteroatoms. The Balaban J connectivity index is 1.38. The third-order valence-corrected chi connectivity index (χ3v) is 8.57. The number of imidazole rings is 1. The van der Waals surface area contributed by atoms with Gasteiger partial charge in [-0.15, -0.1) is 0 Å². The van der Waals surface area contributed by atoms with Crippen molar-refractivity contribution in [3.8, 4) is 11.4 Å². The standard InChI is InChI=1S/C28H33F2N7O2S/c1-4-37-26(33-25-16-31-28(34-27(25)37)32-21-10-12-22(13-11-21)36(2)3)19-7-14-23(30)24(15-19)35-40(38,39)17-18-5-8-20(29)9-6-18/h5-9,14-16,21-22,35H,4,10-13,17H2,1-3H3,(H,31,32,34).